The number of ether oxygens (including phenoxy) is 2. The third kappa shape index (κ3) is 7.25. The van der Waals surface area contributed by atoms with Crippen molar-refractivity contribution in [2.24, 2.45) is 0 Å². The fourth-order valence-electron chi connectivity index (χ4n) is 3.81. The molecule has 11 atom stereocenters. The summed E-state index contributed by atoms with van der Waals surface area (Å²) in [6.45, 7) is 5.00. The highest BCUT2D eigenvalue weighted by molar-refractivity contribution is 7.60. The van der Waals surface area contributed by atoms with Gasteiger partial charge >= 0.3 is 7.82 Å². The van der Waals surface area contributed by atoms with E-state index in [9.17, 15) is 48.9 Å². The van der Waals surface area contributed by atoms with Crippen LogP contribution >= 0.6 is 15.6 Å². The van der Waals surface area contributed by atoms with Crippen LogP contribution in [-0.4, -0.2) is 104 Å². The Morgan fingerprint density at radius 3 is 2.47 bits per heavy atom. The highest BCUT2D eigenvalue weighted by atomic mass is 31.3. The summed E-state index contributed by atoms with van der Waals surface area (Å²) in [5, 5.41) is 45.4. The summed E-state index contributed by atoms with van der Waals surface area (Å²) in [5.74, 6) is -1.15. The highest BCUT2D eigenvalue weighted by Gasteiger charge is 2.48. The molecular weight excluding hydrogens is 560 g/mol. The van der Waals surface area contributed by atoms with Crippen molar-refractivity contribution in [3.8, 4) is 0 Å². The van der Waals surface area contributed by atoms with Crippen molar-refractivity contribution in [3.05, 3.63) is 24.7 Å². The van der Waals surface area contributed by atoms with Gasteiger partial charge in [-0.1, -0.05) is 6.58 Å². The lowest BCUT2D eigenvalue weighted by molar-refractivity contribution is -0.280. The maximum absolute atomic E-state index is 12.3. The van der Waals surface area contributed by atoms with E-state index in [0.717, 1.165) is 13.0 Å². The molecular formula is C18H28N3O15P2-. The van der Waals surface area contributed by atoms with Crippen molar-refractivity contribution in [1.29, 1.82) is 0 Å². The molecule has 18 nitrogen and oxygen atoms in total. The molecule has 3 heterocycles. The van der Waals surface area contributed by atoms with Crippen molar-refractivity contribution >= 4 is 27.5 Å². The van der Waals surface area contributed by atoms with Gasteiger partial charge in [0.05, 0.1) is 18.8 Å². The number of amides is 2. The molecule has 7 N–H and O–H groups in total. The number of carbonyl (C=O) groups is 2. The van der Waals surface area contributed by atoms with Gasteiger partial charge in [0.25, 0.3) is 13.7 Å². The van der Waals surface area contributed by atoms with Crippen LogP contribution in [0, 0.1) is 0 Å². The monoisotopic (exact) mass is 588 g/mol. The Balaban J connectivity index is 1.59. The SMILES string of the molecule is C=C1NC(=O)C=CN1[C@@H]1O[C@H](COP(=O)(O)OP(=O)([O-])O[C@H]2OC(C)[C@@H](O)[C@H](NC(C)=O)C2O)C(O)[C@@H]1O. The van der Waals surface area contributed by atoms with E-state index in [1.54, 1.807) is 0 Å². The lowest BCUT2D eigenvalue weighted by Gasteiger charge is -2.42. The maximum Gasteiger partial charge on any atom is 0.478 e. The van der Waals surface area contributed by atoms with Crippen LogP contribution in [0.25, 0.3) is 0 Å². The number of nitrogens with zero attached hydrogens (tertiary/aromatic N) is 1. The van der Waals surface area contributed by atoms with Gasteiger partial charge in [0, 0.05) is 19.2 Å². The van der Waals surface area contributed by atoms with Crippen LogP contribution in [0.5, 0.6) is 0 Å². The summed E-state index contributed by atoms with van der Waals surface area (Å²) in [6, 6.07) is -1.40. The number of carbonyl (C=O) groups excluding carboxylic acids is 2. The molecule has 5 unspecified atom stereocenters. The number of hydrogen-bond donors (Lipinski definition) is 7. The zero-order valence-corrected chi connectivity index (χ0v) is 21.7. The molecule has 2 fully saturated rings. The molecule has 38 heavy (non-hydrogen) atoms. The molecule has 0 aromatic rings. The fourth-order valence-corrected chi connectivity index (χ4v) is 5.93. The molecule has 216 valence electrons. The molecule has 2 saturated heterocycles. The van der Waals surface area contributed by atoms with Gasteiger partial charge in [-0.3, -0.25) is 23.2 Å². The summed E-state index contributed by atoms with van der Waals surface area (Å²) in [7, 11) is -11.2. The average molecular weight is 588 g/mol. The van der Waals surface area contributed by atoms with Gasteiger partial charge in [-0.05, 0) is 6.92 Å². The predicted molar refractivity (Wildman–Crippen MR) is 118 cm³/mol. The zero-order valence-electron chi connectivity index (χ0n) is 19.9. The van der Waals surface area contributed by atoms with Gasteiger partial charge in [-0.15, -0.1) is 0 Å². The van der Waals surface area contributed by atoms with Crippen LogP contribution in [0.1, 0.15) is 13.8 Å². The molecule has 0 saturated carbocycles. The van der Waals surface area contributed by atoms with Crippen molar-refractivity contribution in [1.82, 2.24) is 15.5 Å². The molecule has 0 bridgehead atoms. The molecule has 3 aliphatic rings. The molecule has 0 aromatic heterocycles. The van der Waals surface area contributed by atoms with Crippen LogP contribution in [0.4, 0.5) is 0 Å². The summed E-state index contributed by atoms with van der Waals surface area (Å²) in [5.41, 5.74) is 0. The smallest absolute Gasteiger partial charge is 0.478 e. The minimum atomic E-state index is -5.75. The summed E-state index contributed by atoms with van der Waals surface area (Å²) < 4.78 is 48.2. The highest BCUT2D eigenvalue weighted by Crippen LogP contribution is 2.59. The second kappa shape index (κ2) is 11.8. The lowest BCUT2D eigenvalue weighted by atomic mass is 9.97. The Hall–Kier alpha value is -1.76. The lowest BCUT2D eigenvalue weighted by Crippen LogP contribution is -2.63. The molecule has 3 rings (SSSR count). The molecule has 20 heteroatoms. The number of aliphatic hydroxyl groups is 4. The summed E-state index contributed by atoms with van der Waals surface area (Å²) >= 11 is 0. The van der Waals surface area contributed by atoms with E-state index in [1.807, 2.05) is 0 Å². The Bertz CT molecular complexity index is 1060. The van der Waals surface area contributed by atoms with Gasteiger partial charge in [0.1, 0.15) is 36.3 Å². The molecule has 0 aromatic carbocycles. The first-order valence-electron chi connectivity index (χ1n) is 11.0. The van der Waals surface area contributed by atoms with Crippen molar-refractivity contribution in [2.45, 2.75) is 69.0 Å². The number of phosphoric ester groups is 2. The Kier molecular flexibility index (Phi) is 9.53. The fraction of sp³-hybridized carbons (Fsp3) is 0.667. The number of phosphoric acid groups is 2. The zero-order chi connectivity index (χ0) is 28.6. The molecule has 0 aliphatic carbocycles. The second-order valence-corrected chi connectivity index (χ2v) is 11.5. The first kappa shape index (κ1) is 30.8. The number of nitrogens with one attached hydrogen (secondary N) is 2. The van der Waals surface area contributed by atoms with E-state index in [4.69, 9.17) is 9.47 Å². The Morgan fingerprint density at radius 1 is 1.21 bits per heavy atom. The van der Waals surface area contributed by atoms with Gasteiger partial charge in [0.2, 0.25) is 5.91 Å². The van der Waals surface area contributed by atoms with Gasteiger partial charge in [-0.25, -0.2) is 8.88 Å². The molecule has 3 aliphatic heterocycles. The quantitative estimate of drug-likeness (QED) is 0.128. The summed E-state index contributed by atoms with van der Waals surface area (Å²) in [6.07, 6.45) is -10.3. The Labute approximate surface area is 215 Å². The van der Waals surface area contributed by atoms with E-state index in [0.29, 0.717) is 0 Å². The minimum Gasteiger partial charge on any atom is -0.756 e. The van der Waals surface area contributed by atoms with E-state index in [1.165, 1.54) is 18.0 Å². The van der Waals surface area contributed by atoms with Crippen LogP contribution in [0.15, 0.2) is 24.7 Å². The number of rotatable bonds is 9. The Morgan fingerprint density at radius 2 is 1.87 bits per heavy atom. The molecule has 2 amide bonds. The van der Waals surface area contributed by atoms with E-state index in [2.05, 4.69) is 30.6 Å². The summed E-state index contributed by atoms with van der Waals surface area (Å²) in [4.78, 5) is 46.0. The largest absolute Gasteiger partial charge is 0.756 e. The minimum absolute atomic E-state index is 0.00521. The first-order chi connectivity index (χ1) is 17.5. The predicted octanol–water partition coefficient (Wildman–Crippen LogP) is -3.56. The first-order valence-corrected chi connectivity index (χ1v) is 13.9. The van der Waals surface area contributed by atoms with E-state index in [-0.39, 0.29) is 5.82 Å². The third-order valence-corrected chi connectivity index (χ3v) is 8.20. The third-order valence-electron chi connectivity index (χ3n) is 5.63. The van der Waals surface area contributed by atoms with Crippen LogP contribution in [0.2, 0.25) is 0 Å². The van der Waals surface area contributed by atoms with Crippen LogP contribution in [-0.2, 0) is 41.6 Å². The second-order valence-electron chi connectivity index (χ2n) is 8.52. The van der Waals surface area contributed by atoms with Crippen molar-refractivity contribution in [3.63, 3.8) is 0 Å². The van der Waals surface area contributed by atoms with E-state index < -0.39 is 89.3 Å². The van der Waals surface area contributed by atoms with Crippen LogP contribution in [0.3, 0.4) is 0 Å². The molecule has 0 spiro atoms. The van der Waals surface area contributed by atoms with Crippen LogP contribution < -0.4 is 15.5 Å². The molecule has 0 radical (unpaired) electrons. The topological polar surface area (TPSA) is 266 Å². The average Bonchev–Trinajstić information content (AvgIpc) is 3.06. The number of hydrogen-bond acceptors (Lipinski definition) is 15. The van der Waals surface area contributed by atoms with Gasteiger partial charge in [0.15, 0.2) is 12.5 Å². The normalized spacial score (nSPS) is 38.8. The number of aliphatic hydroxyl groups excluding tert-OH is 4. The van der Waals surface area contributed by atoms with Crippen molar-refractivity contribution < 1.29 is 71.8 Å². The van der Waals surface area contributed by atoms with Gasteiger partial charge in [-0.2, -0.15) is 0 Å². The van der Waals surface area contributed by atoms with E-state index >= 15 is 0 Å². The van der Waals surface area contributed by atoms with Crippen molar-refractivity contribution in [2.75, 3.05) is 6.61 Å². The van der Waals surface area contributed by atoms with Gasteiger partial charge < -0.3 is 55.2 Å². The maximum atomic E-state index is 12.3. The standard InChI is InChI=1S/C18H29N3O15P2/c1-7-13(24)12(20-9(3)22)15(26)18(33-7)35-38(30,31)36-37(28,29)32-6-10-14(25)16(27)17(34-10)21-5-4-11(23)19-8(21)2/h4-5,7,10,12-18,24-27H,2,6H2,1,3H3,(H,19,23)(H,20,22)(H,28,29)(H,30,31)/p-1/t7?,10-,12+,13-,14?,15?,16+,17-,18-/m1/s1.